The summed E-state index contributed by atoms with van der Waals surface area (Å²) in [5, 5.41) is 0. The van der Waals surface area contributed by atoms with Gasteiger partial charge in [0.05, 0.1) is 0 Å². The molecule has 1 saturated heterocycles. The van der Waals surface area contributed by atoms with Crippen LogP contribution in [0.4, 0.5) is 0 Å². The fraction of sp³-hybridized carbons (Fsp3) is 0.882. The van der Waals surface area contributed by atoms with Crippen molar-refractivity contribution in [2.75, 3.05) is 19.6 Å². The van der Waals surface area contributed by atoms with Crippen molar-refractivity contribution >= 4 is 0 Å². The molecule has 0 radical (unpaired) electrons. The number of hydrogen-bond acceptors (Lipinski definition) is 1. The van der Waals surface area contributed by atoms with Gasteiger partial charge in [0.15, 0.2) is 0 Å². The standard InChI is InChI=1S/C14H28N.C2H6.CH3.K/c1-13(2,3)11-14(4,5)12-15-9-7-6-8-10-15;1-2;;/h6H,7-12H2,1-5H3;1-2H3;1H3;/q-1;;-1;+1. The summed E-state index contributed by atoms with van der Waals surface area (Å²) in [6.45, 7) is 19.7. The van der Waals surface area contributed by atoms with Gasteiger partial charge in [-0.05, 0) is 30.3 Å². The van der Waals surface area contributed by atoms with Crippen LogP contribution in [-0.2, 0) is 0 Å². The maximum absolute atomic E-state index is 2.63. The average Bonchev–Trinajstić information content (AvgIpc) is 2.17. The number of piperidine rings is 1. The van der Waals surface area contributed by atoms with E-state index < -0.39 is 0 Å². The molecule has 0 aromatic heterocycles. The quantitative estimate of drug-likeness (QED) is 0.570. The molecule has 0 unspecified atom stereocenters. The molecule has 1 aliphatic heterocycles. The molecule has 2 heteroatoms. The largest absolute Gasteiger partial charge is 1.00 e. The first-order chi connectivity index (χ1) is 7.79. The fourth-order valence-electron chi connectivity index (χ4n) is 3.06. The zero-order valence-corrected chi connectivity index (χ0v) is 18.4. The molecule has 0 aromatic carbocycles. The first-order valence-electron chi connectivity index (χ1n) is 7.33. The van der Waals surface area contributed by atoms with Gasteiger partial charge in [0, 0.05) is 6.54 Å². The van der Waals surface area contributed by atoms with E-state index >= 15 is 0 Å². The van der Waals surface area contributed by atoms with Crippen molar-refractivity contribution in [3.05, 3.63) is 13.8 Å². The van der Waals surface area contributed by atoms with E-state index in [1.807, 2.05) is 13.8 Å². The van der Waals surface area contributed by atoms with Crippen LogP contribution in [0, 0.1) is 24.7 Å². The molecule has 1 nitrogen and oxygen atoms in total. The van der Waals surface area contributed by atoms with Crippen molar-refractivity contribution in [2.24, 2.45) is 10.8 Å². The van der Waals surface area contributed by atoms with Gasteiger partial charge in [-0.25, -0.2) is 0 Å². The number of rotatable bonds is 3. The Labute approximate surface area is 166 Å². The molecule has 1 heterocycles. The molecule has 0 aromatic rings. The Hall–Kier alpha value is 1.60. The van der Waals surface area contributed by atoms with E-state index in [-0.39, 0.29) is 58.8 Å². The van der Waals surface area contributed by atoms with E-state index in [4.69, 9.17) is 0 Å². The van der Waals surface area contributed by atoms with Gasteiger partial charge < -0.3 is 18.7 Å². The summed E-state index contributed by atoms with van der Waals surface area (Å²) in [6.07, 6.45) is 6.30. The van der Waals surface area contributed by atoms with Crippen molar-refractivity contribution in [2.45, 2.75) is 67.7 Å². The maximum atomic E-state index is 2.63. The number of hydrogen-bond donors (Lipinski definition) is 0. The summed E-state index contributed by atoms with van der Waals surface area (Å²) in [7, 11) is 0. The zero-order chi connectivity index (χ0) is 13.5. The Morgan fingerprint density at radius 1 is 0.947 bits per heavy atom. The molecule has 0 bridgehead atoms. The molecule has 1 rings (SSSR count). The molecular weight excluding hydrogens is 257 g/mol. The Kier molecular flexibility index (Phi) is 16.4. The van der Waals surface area contributed by atoms with Crippen molar-refractivity contribution in [3.8, 4) is 0 Å². The molecule has 0 atom stereocenters. The Balaban J connectivity index is -0.000000609. The minimum Gasteiger partial charge on any atom is -0.358 e. The van der Waals surface area contributed by atoms with Crippen molar-refractivity contribution in [1.29, 1.82) is 0 Å². The summed E-state index contributed by atoms with van der Waals surface area (Å²) in [6, 6.07) is 0. The Morgan fingerprint density at radius 2 is 1.37 bits per heavy atom. The third kappa shape index (κ3) is 14.3. The van der Waals surface area contributed by atoms with Crippen LogP contribution >= 0.6 is 0 Å². The average molecular weight is 295 g/mol. The second kappa shape index (κ2) is 12.2. The van der Waals surface area contributed by atoms with E-state index in [1.54, 1.807) is 0 Å². The van der Waals surface area contributed by atoms with Gasteiger partial charge in [0.25, 0.3) is 0 Å². The third-order valence-corrected chi connectivity index (χ3v) is 2.96. The summed E-state index contributed by atoms with van der Waals surface area (Å²) in [4.78, 5) is 2.63. The Bertz CT molecular complexity index is 188. The monoisotopic (exact) mass is 294 g/mol. The summed E-state index contributed by atoms with van der Waals surface area (Å²) >= 11 is 0. The third-order valence-electron chi connectivity index (χ3n) is 2.96. The molecule has 0 spiro atoms. The topological polar surface area (TPSA) is 3.24 Å². The van der Waals surface area contributed by atoms with Gasteiger partial charge in [-0.1, -0.05) is 48.5 Å². The number of likely N-dealkylation sites (tertiary alicyclic amines) is 1. The molecule has 19 heavy (non-hydrogen) atoms. The second-order valence-electron chi connectivity index (χ2n) is 7.04. The van der Waals surface area contributed by atoms with Crippen molar-refractivity contribution in [1.82, 2.24) is 4.90 Å². The van der Waals surface area contributed by atoms with Gasteiger partial charge in [0.2, 0.25) is 0 Å². The molecular formula is C17H37KN-. The van der Waals surface area contributed by atoms with Gasteiger partial charge in [-0.15, -0.1) is 0 Å². The van der Waals surface area contributed by atoms with E-state index in [1.165, 1.54) is 38.9 Å². The number of nitrogens with zero attached hydrogens (tertiary/aromatic N) is 1. The van der Waals surface area contributed by atoms with Crippen LogP contribution in [0.15, 0.2) is 0 Å². The second-order valence-corrected chi connectivity index (χ2v) is 7.04. The molecule has 1 fully saturated rings. The maximum Gasteiger partial charge on any atom is 1.00 e. The van der Waals surface area contributed by atoms with Crippen LogP contribution in [0.25, 0.3) is 0 Å². The molecule has 112 valence electrons. The molecule has 0 saturated carbocycles. The summed E-state index contributed by atoms with van der Waals surface area (Å²) in [5.74, 6) is 0. The minimum atomic E-state index is 0. The van der Waals surface area contributed by atoms with E-state index in [2.05, 4.69) is 45.9 Å². The minimum absolute atomic E-state index is 0. The van der Waals surface area contributed by atoms with Crippen LogP contribution in [0.2, 0.25) is 0 Å². The predicted molar refractivity (Wildman–Crippen MR) is 85.6 cm³/mol. The van der Waals surface area contributed by atoms with Crippen LogP contribution in [0.3, 0.4) is 0 Å². The van der Waals surface area contributed by atoms with E-state index in [0.29, 0.717) is 10.8 Å². The first-order valence-corrected chi connectivity index (χ1v) is 7.33. The predicted octanol–water partition coefficient (Wildman–Crippen LogP) is 2.23. The van der Waals surface area contributed by atoms with Crippen LogP contribution in [-0.4, -0.2) is 24.5 Å². The van der Waals surface area contributed by atoms with Crippen molar-refractivity contribution < 1.29 is 51.4 Å². The SMILES string of the molecule is CC.CC(C)(C)CC(C)(C)CN1CC[CH-]CC1.[CH3-].[K+]. The normalized spacial score (nSPS) is 16.6. The van der Waals surface area contributed by atoms with Crippen molar-refractivity contribution in [3.63, 3.8) is 0 Å². The van der Waals surface area contributed by atoms with Crippen LogP contribution in [0.5, 0.6) is 0 Å². The van der Waals surface area contributed by atoms with Gasteiger partial charge >= 0.3 is 51.4 Å². The molecule has 0 aliphatic carbocycles. The van der Waals surface area contributed by atoms with Gasteiger partial charge in [-0.2, -0.15) is 12.8 Å². The van der Waals surface area contributed by atoms with Gasteiger partial charge in [0.1, 0.15) is 0 Å². The van der Waals surface area contributed by atoms with E-state index in [0.717, 1.165) is 0 Å². The summed E-state index contributed by atoms with van der Waals surface area (Å²) in [5.41, 5.74) is 0.904. The molecule has 0 amide bonds. The Morgan fingerprint density at radius 3 is 1.74 bits per heavy atom. The zero-order valence-electron chi connectivity index (χ0n) is 15.3. The fourth-order valence-corrected chi connectivity index (χ4v) is 3.06. The summed E-state index contributed by atoms with van der Waals surface area (Å²) < 4.78 is 0. The van der Waals surface area contributed by atoms with Crippen LogP contribution in [0.1, 0.15) is 67.7 Å². The molecule has 1 aliphatic rings. The van der Waals surface area contributed by atoms with Gasteiger partial charge in [-0.3, -0.25) is 0 Å². The van der Waals surface area contributed by atoms with E-state index in [9.17, 15) is 0 Å². The molecule has 0 N–H and O–H groups in total. The van der Waals surface area contributed by atoms with Crippen LogP contribution < -0.4 is 51.4 Å². The first kappa shape index (κ1) is 25.5. The smallest absolute Gasteiger partial charge is 0.358 e.